The van der Waals surface area contributed by atoms with E-state index in [1.54, 1.807) is 13.2 Å². The van der Waals surface area contributed by atoms with Crippen LogP contribution in [0.5, 0.6) is 5.75 Å². The van der Waals surface area contributed by atoms with Crippen molar-refractivity contribution >= 4 is 17.3 Å². The van der Waals surface area contributed by atoms with Gasteiger partial charge in [-0.05, 0) is 48.4 Å². The van der Waals surface area contributed by atoms with Crippen LogP contribution in [0.25, 0.3) is 0 Å². The molecule has 0 bridgehead atoms. The molecular weight excluding hydrogens is 265 g/mol. The van der Waals surface area contributed by atoms with Crippen molar-refractivity contribution < 1.29 is 9.13 Å². The van der Waals surface area contributed by atoms with Crippen LogP contribution in [0.3, 0.4) is 0 Å². The van der Waals surface area contributed by atoms with Gasteiger partial charge in [0, 0.05) is 12.2 Å². The molecule has 0 fully saturated rings. The maximum absolute atomic E-state index is 13.0. The van der Waals surface area contributed by atoms with Crippen molar-refractivity contribution in [2.45, 2.75) is 13.5 Å². The number of benzene rings is 2. The molecule has 2 aromatic rings. The van der Waals surface area contributed by atoms with Gasteiger partial charge in [0.25, 0.3) is 0 Å². The Bertz CT molecular complexity index is 586. The molecule has 0 unspecified atom stereocenters. The summed E-state index contributed by atoms with van der Waals surface area (Å²) in [5.74, 6) is 0.430. The van der Waals surface area contributed by atoms with Gasteiger partial charge in [-0.3, -0.25) is 0 Å². The average Bonchev–Trinajstić information content (AvgIpc) is 2.38. The van der Waals surface area contributed by atoms with Gasteiger partial charge in [-0.15, -0.1) is 0 Å². The van der Waals surface area contributed by atoms with Gasteiger partial charge in [-0.2, -0.15) is 0 Å². The molecule has 0 radical (unpaired) electrons. The number of rotatable bonds is 4. The summed E-state index contributed by atoms with van der Waals surface area (Å²) in [6, 6.07) is 10.3. The fourth-order valence-corrected chi connectivity index (χ4v) is 2.12. The van der Waals surface area contributed by atoms with Crippen LogP contribution in [0.15, 0.2) is 36.4 Å². The van der Waals surface area contributed by atoms with E-state index in [4.69, 9.17) is 16.3 Å². The van der Waals surface area contributed by atoms with Crippen molar-refractivity contribution in [1.29, 1.82) is 0 Å². The number of aryl methyl sites for hydroxylation is 1. The summed E-state index contributed by atoms with van der Waals surface area (Å²) in [5, 5.41) is 3.84. The number of ether oxygens (including phenoxy) is 1. The first-order chi connectivity index (χ1) is 9.10. The third kappa shape index (κ3) is 3.38. The van der Waals surface area contributed by atoms with Gasteiger partial charge >= 0.3 is 0 Å². The van der Waals surface area contributed by atoms with E-state index in [1.165, 1.54) is 12.1 Å². The van der Waals surface area contributed by atoms with Gasteiger partial charge in [0.2, 0.25) is 0 Å². The SMILES string of the molecule is COc1ccc(CNc2ccc(F)cc2C)cc1Cl. The molecule has 2 rings (SSSR count). The van der Waals surface area contributed by atoms with Gasteiger partial charge in [0.05, 0.1) is 12.1 Å². The molecule has 2 nitrogen and oxygen atoms in total. The Morgan fingerprint density at radius 3 is 2.63 bits per heavy atom. The van der Waals surface area contributed by atoms with Crippen molar-refractivity contribution in [1.82, 2.24) is 0 Å². The average molecular weight is 280 g/mol. The van der Waals surface area contributed by atoms with Crippen molar-refractivity contribution in [3.05, 3.63) is 58.4 Å². The van der Waals surface area contributed by atoms with Crippen molar-refractivity contribution in [3.63, 3.8) is 0 Å². The minimum absolute atomic E-state index is 0.226. The maximum Gasteiger partial charge on any atom is 0.137 e. The molecule has 1 N–H and O–H groups in total. The van der Waals surface area contributed by atoms with Gasteiger partial charge < -0.3 is 10.1 Å². The first kappa shape index (κ1) is 13.7. The summed E-state index contributed by atoms with van der Waals surface area (Å²) in [6.07, 6.45) is 0. The highest BCUT2D eigenvalue weighted by atomic mass is 35.5. The normalized spacial score (nSPS) is 10.3. The highest BCUT2D eigenvalue weighted by molar-refractivity contribution is 6.32. The lowest BCUT2D eigenvalue weighted by atomic mass is 10.1. The third-order valence-electron chi connectivity index (χ3n) is 2.89. The molecule has 0 saturated carbocycles. The van der Waals surface area contributed by atoms with Gasteiger partial charge in [0.15, 0.2) is 0 Å². The fraction of sp³-hybridized carbons (Fsp3) is 0.200. The van der Waals surface area contributed by atoms with Gasteiger partial charge in [-0.25, -0.2) is 4.39 Å². The quantitative estimate of drug-likeness (QED) is 0.895. The second-order valence-electron chi connectivity index (χ2n) is 4.28. The minimum Gasteiger partial charge on any atom is -0.495 e. The Labute approximate surface area is 117 Å². The molecule has 0 aliphatic heterocycles. The standard InChI is InChI=1S/C15H15ClFNO/c1-10-7-12(17)4-5-14(10)18-9-11-3-6-15(19-2)13(16)8-11/h3-8,18H,9H2,1-2H3. The smallest absolute Gasteiger partial charge is 0.137 e. The Morgan fingerprint density at radius 1 is 1.21 bits per heavy atom. The molecule has 0 atom stereocenters. The van der Waals surface area contributed by atoms with Gasteiger partial charge in [-0.1, -0.05) is 17.7 Å². The zero-order valence-corrected chi connectivity index (χ0v) is 11.6. The number of hydrogen-bond donors (Lipinski definition) is 1. The van der Waals surface area contributed by atoms with E-state index in [1.807, 2.05) is 25.1 Å². The summed E-state index contributed by atoms with van der Waals surface area (Å²) in [4.78, 5) is 0. The predicted molar refractivity (Wildman–Crippen MR) is 76.5 cm³/mol. The van der Waals surface area contributed by atoms with Crippen LogP contribution in [-0.4, -0.2) is 7.11 Å². The lowest BCUT2D eigenvalue weighted by Crippen LogP contribution is -2.01. The molecule has 0 heterocycles. The molecular formula is C15H15ClFNO. The Kier molecular flexibility index (Phi) is 4.27. The molecule has 0 aliphatic carbocycles. The van der Waals surface area contributed by atoms with Crippen LogP contribution in [0, 0.1) is 12.7 Å². The highest BCUT2D eigenvalue weighted by Gasteiger charge is 2.03. The number of nitrogens with one attached hydrogen (secondary N) is 1. The van der Waals surface area contributed by atoms with Crippen molar-refractivity contribution in [3.8, 4) is 5.75 Å². The lowest BCUT2D eigenvalue weighted by molar-refractivity contribution is 0.415. The Morgan fingerprint density at radius 2 is 2.00 bits per heavy atom. The summed E-state index contributed by atoms with van der Waals surface area (Å²) in [6.45, 7) is 2.49. The van der Waals surface area contributed by atoms with E-state index < -0.39 is 0 Å². The molecule has 0 aromatic heterocycles. The van der Waals surface area contributed by atoms with Crippen molar-refractivity contribution in [2.75, 3.05) is 12.4 Å². The van der Waals surface area contributed by atoms with E-state index in [9.17, 15) is 4.39 Å². The van der Waals surface area contributed by atoms with Crippen molar-refractivity contribution in [2.24, 2.45) is 0 Å². The zero-order chi connectivity index (χ0) is 13.8. The monoisotopic (exact) mass is 279 g/mol. The molecule has 0 aliphatic rings. The molecule has 100 valence electrons. The lowest BCUT2D eigenvalue weighted by Gasteiger charge is -2.11. The van der Waals surface area contributed by atoms with E-state index in [0.717, 1.165) is 16.8 Å². The molecule has 0 spiro atoms. The number of halogens is 2. The maximum atomic E-state index is 13.0. The summed E-state index contributed by atoms with van der Waals surface area (Å²) >= 11 is 6.06. The summed E-state index contributed by atoms with van der Waals surface area (Å²) in [5.41, 5.74) is 2.82. The van der Waals surface area contributed by atoms with E-state index in [-0.39, 0.29) is 5.82 Å². The summed E-state index contributed by atoms with van der Waals surface area (Å²) < 4.78 is 18.1. The number of anilines is 1. The zero-order valence-electron chi connectivity index (χ0n) is 10.8. The second-order valence-corrected chi connectivity index (χ2v) is 4.69. The van der Waals surface area contributed by atoms with Crippen LogP contribution in [0.1, 0.15) is 11.1 Å². The van der Waals surface area contributed by atoms with Crippen LogP contribution in [0.4, 0.5) is 10.1 Å². The second kappa shape index (κ2) is 5.93. The first-order valence-electron chi connectivity index (χ1n) is 5.92. The molecule has 0 amide bonds. The Balaban J connectivity index is 2.08. The first-order valence-corrected chi connectivity index (χ1v) is 6.30. The minimum atomic E-state index is -0.226. The Hall–Kier alpha value is -1.74. The molecule has 4 heteroatoms. The van der Waals surface area contributed by atoms with Crippen LogP contribution < -0.4 is 10.1 Å². The molecule has 2 aromatic carbocycles. The van der Waals surface area contributed by atoms with Crippen LogP contribution in [-0.2, 0) is 6.54 Å². The number of hydrogen-bond acceptors (Lipinski definition) is 2. The predicted octanol–water partition coefficient (Wildman–Crippen LogP) is 4.41. The topological polar surface area (TPSA) is 21.3 Å². The van der Waals surface area contributed by atoms with Crippen LogP contribution >= 0.6 is 11.6 Å². The largest absolute Gasteiger partial charge is 0.495 e. The van der Waals surface area contributed by atoms with E-state index in [0.29, 0.717) is 17.3 Å². The van der Waals surface area contributed by atoms with E-state index in [2.05, 4.69) is 5.32 Å². The molecule has 19 heavy (non-hydrogen) atoms. The van der Waals surface area contributed by atoms with Crippen LogP contribution in [0.2, 0.25) is 5.02 Å². The van der Waals surface area contributed by atoms with Gasteiger partial charge in [0.1, 0.15) is 11.6 Å². The highest BCUT2D eigenvalue weighted by Crippen LogP contribution is 2.25. The fourth-order valence-electron chi connectivity index (χ4n) is 1.84. The molecule has 0 saturated heterocycles. The van der Waals surface area contributed by atoms with E-state index >= 15 is 0 Å². The third-order valence-corrected chi connectivity index (χ3v) is 3.18. The summed E-state index contributed by atoms with van der Waals surface area (Å²) in [7, 11) is 1.58. The number of methoxy groups -OCH3 is 1.